The minimum absolute atomic E-state index is 0.0873. The van der Waals surface area contributed by atoms with Crippen LogP contribution in [0.3, 0.4) is 0 Å². The summed E-state index contributed by atoms with van der Waals surface area (Å²) in [5.74, 6) is 0.00357. The number of benzene rings is 1. The van der Waals surface area contributed by atoms with E-state index in [2.05, 4.69) is 5.32 Å². The summed E-state index contributed by atoms with van der Waals surface area (Å²) in [4.78, 5) is 11.6. The summed E-state index contributed by atoms with van der Waals surface area (Å²) < 4.78 is 0. The molecule has 0 aromatic heterocycles. The van der Waals surface area contributed by atoms with Crippen molar-refractivity contribution < 1.29 is 4.79 Å². The van der Waals surface area contributed by atoms with Gasteiger partial charge in [-0.2, -0.15) is 0 Å². The van der Waals surface area contributed by atoms with Crippen molar-refractivity contribution in [1.82, 2.24) is 5.32 Å². The summed E-state index contributed by atoms with van der Waals surface area (Å²) in [7, 11) is 0. The van der Waals surface area contributed by atoms with Crippen molar-refractivity contribution in [3.05, 3.63) is 35.9 Å². The molecule has 1 aromatic rings. The Morgan fingerprint density at radius 1 is 1.22 bits per heavy atom. The maximum Gasteiger partial charge on any atom is 0.237 e. The van der Waals surface area contributed by atoms with Crippen LogP contribution in [0, 0.1) is 5.92 Å². The van der Waals surface area contributed by atoms with Crippen molar-refractivity contribution >= 4 is 5.91 Å². The van der Waals surface area contributed by atoms with Gasteiger partial charge in [0.05, 0.1) is 6.04 Å². The maximum atomic E-state index is 11.6. The van der Waals surface area contributed by atoms with Crippen LogP contribution in [0.5, 0.6) is 0 Å². The minimum atomic E-state index is -0.464. The lowest BCUT2D eigenvalue weighted by Crippen LogP contribution is -2.47. The van der Waals surface area contributed by atoms with E-state index in [1.165, 1.54) is 5.56 Å². The lowest BCUT2D eigenvalue weighted by atomic mass is 10.0. The molecular weight excluding hydrogens is 226 g/mol. The van der Waals surface area contributed by atoms with Gasteiger partial charge in [-0.1, -0.05) is 44.2 Å². The zero-order valence-electron chi connectivity index (χ0n) is 11.1. The van der Waals surface area contributed by atoms with Gasteiger partial charge in [-0.05, 0) is 17.9 Å². The number of amides is 1. The molecule has 2 atom stereocenters. The van der Waals surface area contributed by atoms with Crippen LogP contribution in [-0.2, 0) is 11.2 Å². The first kappa shape index (κ1) is 14.7. The fourth-order valence-corrected chi connectivity index (χ4v) is 1.64. The lowest BCUT2D eigenvalue weighted by molar-refractivity contribution is -0.123. The lowest BCUT2D eigenvalue weighted by Gasteiger charge is -2.18. The molecule has 5 N–H and O–H groups in total. The van der Waals surface area contributed by atoms with Gasteiger partial charge in [-0.3, -0.25) is 4.79 Å². The maximum absolute atomic E-state index is 11.6. The fraction of sp³-hybridized carbons (Fsp3) is 0.500. The summed E-state index contributed by atoms with van der Waals surface area (Å²) in [5, 5.41) is 2.79. The van der Waals surface area contributed by atoms with Crippen LogP contribution in [0.2, 0.25) is 0 Å². The number of carbonyl (C=O) groups excluding carboxylic acids is 1. The third-order valence-corrected chi connectivity index (χ3v) is 2.90. The molecule has 4 nitrogen and oxygen atoms in total. The quantitative estimate of drug-likeness (QED) is 0.692. The van der Waals surface area contributed by atoms with Crippen LogP contribution >= 0.6 is 0 Å². The van der Waals surface area contributed by atoms with E-state index in [1.54, 1.807) is 0 Å². The molecule has 18 heavy (non-hydrogen) atoms. The molecule has 0 saturated carbocycles. The Kier molecular flexibility index (Phi) is 5.82. The van der Waals surface area contributed by atoms with E-state index < -0.39 is 6.04 Å². The summed E-state index contributed by atoms with van der Waals surface area (Å²) in [6.07, 6.45) is 0.748. The Morgan fingerprint density at radius 2 is 1.83 bits per heavy atom. The fourth-order valence-electron chi connectivity index (χ4n) is 1.64. The van der Waals surface area contributed by atoms with E-state index >= 15 is 0 Å². The average Bonchev–Trinajstić information content (AvgIpc) is 2.36. The molecule has 0 saturated heterocycles. The molecule has 1 aromatic carbocycles. The zero-order valence-corrected chi connectivity index (χ0v) is 11.1. The van der Waals surface area contributed by atoms with Crippen LogP contribution in [0.1, 0.15) is 19.4 Å². The predicted molar refractivity (Wildman–Crippen MR) is 73.9 cm³/mol. The Morgan fingerprint density at radius 3 is 2.39 bits per heavy atom. The number of nitrogens with one attached hydrogen (secondary N) is 1. The van der Waals surface area contributed by atoms with Crippen molar-refractivity contribution in [1.29, 1.82) is 0 Å². The second-order valence-electron chi connectivity index (χ2n) is 4.96. The molecule has 0 radical (unpaired) electrons. The van der Waals surface area contributed by atoms with Gasteiger partial charge in [0.25, 0.3) is 0 Å². The molecule has 100 valence electrons. The Balaban J connectivity index is 2.33. The van der Waals surface area contributed by atoms with E-state index in [0.29, 0.717) is 6.54 Å². The van der Waals surface area contributed by atoms with Crippen LogP contribution in [0.15, 0.2) is 30.3 Å². The topological polar surface area (TPSA) is 81.1 Å². The molecule has 0 bridgehead atoms. The SMILES string of the molecule is CC(C)[C@H](N)C(=O)NC[C@H](N)Cc1ccccc1. The number of nitrogens with two attached hydrogens (primary N) is 2. The van der Waals surface area contributed by atoms with Gasteiger partial charge in [0, 0.05) is 12.6 Å². The Labute approximate surface area is 109 Å². The summed E-state index contributed by atoms with van der Waals surface area (Å²) >= 11 is 0. The number of hydrogen-bond donors (Lipinski definition) is 3. The van der Waals surface area contributed by atoms with Crippen LogP contribution in [0.4, 0.5) is 0 Å². The van der Waals surface area contributed by atoms with Gasteiger partial charge in [0.1, 0.15) is 0 Å². The molecule has 0 heterocycles. The van der Waals surface area contributed by atoms with E-state index in [1.807, 2.05) is 44.2 Å². The largest absolute Gasteiger partial charge is 0.353 e. The zero-order chi connectivity index (χ0) is 13.5. The highest BCUT2D eigenvalue weighted by molar-refractivity contribution is 5.81. The van der Waals surface area contributed by atoms with Crippen LogP contribution < -0.4 is 16.8 Å². The van der Waals surface area contributed by atoms with Crippen LogP contribution in [-0.4, -0.2) is 24.5 Å². The molecule has 0 aliphatic heterocycles. The Bertz CT molecular complexity index is 365. The van der Waals surface area contributed by atoms with Gasteiger partial charge in [-0.25, -0.2) is 0 Å². The average molecular weight is 249 g/mol. The highest BCUT2D eigenvalue weighted by atomic mass is 16.2. The third-order valence-electron chi connectivity index (χ3n) is 2.90. The van der Waals surface area contributed by atoms with Crippen molar-refractivity contribution in [2.75, 3.05) is 6.54 Å². The van der Waals surface area contributed by atoms with Crippen LogP contribution in [0.25, 0.3) is 0 Å². The second-order valence-corrected chi connectivity index (χ2v) is 4.96. The van der Waals surface area contributed by atoms with E-state index in [0.717, 1.165) is 6.42 Å². The highest BCUT2D eigenvalue weighted by Crippen LogP contribution is 2.02. The van der Waals surface area contributed by atoms with E-state index in [4.69, 9.17) is 11.5 Å². The van der Waals surface area contributed by atoms with Crippen molar-refractivity contribution in [3.63, 3.8) is 0 Å². The molecular formula is C14H23N3O. The van der Waals surface area contributed by atoms with E-state index in [9.17, 15) is 4.79 Å². The van der Waals surface area contributed by atoms with E-state index in [-0.39, 0.29) is 17.9 Å². The molecule has 1 amide bonds. The van der Waals surface area contributed by atoms with Gasteiger partial charge in [0.2, 0.25) is 5.91 Å². The molecule has 0 aliphatic carbocycles. The molecule has 0 fully saturated rings. The van der Waals surface area contributed by atoms with Crippen molar-refractivity contribution in [3.8, 4) is 0 Å². The first-order valence-corrected chi connectivity index (χ1v) is 6.33. The number of rotatable bonds is 6. The second kappa shape index (κ2) is 7.13. The summed E-state index contributed by atoms with van der Waals surface area (Å²) in [5.41, 5.74) is 12.9. The number of carbonyl (C=O) groups is 1. The highest BCUT2D eigenvalue weighted by Gasteiger charge is 2.17. The first-order chi connectivity index (χ1) is 8.50. The number of hydrogen-bond acceptors (Lipinski definition) is 3. The minimum Gasteiger partial charge on any atom is -0.353 e. The molecule has 0 aliphatic rings. The standard InChI is InChI=1S/C14H23N3O/c1-10(2)13(16)14(18)17-9-12(15)8-11-6-4-3-5-7-11/h3-7,10,12-13H,8-9,15-16H2,1-2H3,(H,17,18)/t12-,13+/m1/s1. The van der Waals surface area contributed by atoms with Crippen molar-refractivity contribution in [2.24, 2.45) is 17.4 Å². The predicted octanol–water partition coefficient (Wildman–Crippen LogP) is 0.656. The normalized spacial score (nSPS) is 14.3. The smallest absolute Gasteiger partial charge is 0.237 e. The summed E-state index contributed by atoms with van der Waals surface area (Å²) in [6.45, 7) is 4.30. The molecule has 0 unspecified atom stereocenters. The first-order valence-electron chi connectivity index (χ1n) is 6.33. The summed E-state index contributed by atoms with van der Waals surface area (Å²) in [6, 6.07) is 9.44. The Hall–Kier alpha value is -1.39. The van der Waals surface area contributed by atoms with Crippen molar-refractivity contribution in [2.45, 2.75) is 32.4 Å². The molecule has 1 rings (SSSR count). The monoisotopic (exact) mass is 249 g/mol. The van der Waals surface area contributed by atoms with Gasteiger partial charge < -0.3 is 16.8 Å². The molecule has 0 spiro atoms. The van der Waals surface area contributed by atoms with Gasteiger partial charge >= 0.3 is 0 Å². The van der Waals surface area contributed by atoms with Gasteiger partial charge in [-0.15, -0.1) is 0 Å². The van der Waals surface area contributed by atoms with Gasteiger partial charge in [0.15, 0.2) is 0 Å². The third kappa shape index (κ3) is 4.85. The molecule has 4 heteroatoms.